The van der Waals surface area contributed by atoms with Crippen molar-refractivity contribution in [3.05, 3.63) is 111 Å². The molecule has 0 N–H and O–H groups in total. The van der Waals surface area contributed by atoms with Gasteiger partial charge in [0.05, 0.1) is 17.3 Å². The lowest BCUT2D eigenvalue weighted by molar-refractivity contribution is 0.415. The predicted molar refractivity (Wildman–Crippen MR) is 146 cm³/mol. The molecule has 6 rings (SSSR count). The van der Waals surface area contributed by atoms with Gasteiger partial charge in [0.15, 0.2) is 5.82 Å². The van der Waals surface area contributed by atoms with Crippen LogP contribution in [0, 0.1) is 13.8 Å². The lowest BCUT2D eigenvalue weighted by Gasteiger charge is -2.05. The molecule has 0 amide bonds. The molecule has 0 saturated carbocycles. The van der Waals surface area contributed by atoms with Crippen LogP contribution < -0.4 is 14.8 Å². The van der Waals surface area contributed by atoms with E-state index in [1.165, 1.54) is 15.9 Å². The topological polar surface area (TPSA) is 74.3 Å². The first-order chi connectivity index (χ1) is 18.0. The summed E-state index contributed by atoms with van der Waals surface area (Å²) in [6, 6.07) is 23.7. The summed E-state index contributed by atoms with van der Waals surface area (Å²) >= 11 is 1.32. The summed E-state index contributed by atoms with van der Waals surface area (Å²) in [5, 5.41) is 9.41. The van der Waals surface area contributed by atoms with Crippen LogP contribution in [0.1, 0.15) is 16.7 Å². The average molecular weight is 506 g/mol. The number of benzene rings is 3. The second-order valence-corrected chi connectivity index (χ2v) is 9.81. The van der Waals surface area contributed by atoms with Crippen LogP contribution in [0.5, 0.6) is 5.75 Å². The number of methoxy groups -OCH3 is 1. The number of aromatic nitrogens is 5. The van der Waals surface area contributed by atoms with Gasteiger partial charge in [-0.3, -0.25) is 4.79 Å². The van der Waals surface area contributed by atoms with Crippen molar-refractivity contribution in [3.63, 3.8) is 0 Å². The highest BCUT2D eigenvalue weighted by molar-refractivity contribution is 7.15. The van der Waals surface area contributed by atoms with Crippen LogP contribution in [0.3, 0.4) is 0 Å². The average Bonchev–Trinajstić information content (AvgIpc) is 3.61. The Bertz CT molecular complexity index is 1850. The number of hydrogen-bond donors (Lipinski definition) is 0. The first-order valence-electron chi connectivity index (χ1n) is 11.8. The van der Waals surface area contributed by atoms with E-state index >= 15 is 0 Å². The van der Waals surface area contributed by atoms with Gasteiger partial charge in [0.1, 0.15) is 11.4 Å². The number of fused-ring (bicyclic) bond motifs is 1. The summed E-state index contributed by atoms with van der Waals surface area (Å²) in [5.41, 5.74) is 6.55. The van der Waals surface area contributed by atoms with Crippen molar-refractivity contribution >= 4 is 22.4 Å². The molecule has 0 saturated heterocycles. The number of ether oxygens (including phenoxy) is 1. The van der Waals surface area contributed by atoms with Gasteiger partial charge in [0.25, 0.3) is 5.56 Å². The summed E-state index contributed by atoms with van der Waals surface area (Å²) in [6.45, 7) is 4.14. The normalized spacial score (nSPS) is 11.9. The van der Waals surface area contributed by atoms with Gasteiger partial charge in [-0.25, -0.2) is 4.68 Å². The van der Waals surface area contributed by atoms with Crippen molar-refractivity contribution in [2.75, 3.05) is 7.11 Å². The second-order valence-electron chi connectivity index (χ2n) is 8.81. The number of hydrogen-bond acceptors (Lipinski definition) is 6. The van der Waals surface area contributed by atoms with E-state index in [-0.39, 0.29) is 5.56 Å². The predicted octanol–water partition coefficient (Wildman–Crippen LogP) is 4.84. The Hall–Kier alpha value is -4.56. The van der Waals surface area contributed by atoms with Crippen molar-refractivity contribution in [2.24, 2.45) is 0 Å². The van der Waals surface area contributed by atoms with Crippen LogP contribution in [0.2, 0.25) is 0 Å². The molecule has 182 valence electrons. The molecule has 0 aliphatic rings. The fraction of sp³-hybridized carbons (Fsp3) is 0.103. The SMILES string of the molecule is COc1ccc(-c2nc3s/c(=C\c4cn(-c5ccccc5)nc4-c4cc(C)ccc4C)c(=O)n3n2)cc1. The van der Waals surface area contributed by atoms with Gasteiger partial charge in [-0.05, 0) is 68.0 Å². The molecule has 37 heavy (non-hydrogen) atoms. The third kappa shape index (κ3) is 4.21. The first-order valence-corrected chi connectivity index (χ1v) is 12.6. The van der Waals surface area contributed by atoms with Gasteiger partial charge in [0.2, 0.25) is 4.96 Å². The van der Waals surface area contributed by atoms with Gasteiger partial charge in [-0.15, -0.1) is 5.10 Å². The summed E-state index contributed by atoms with van der Waals surface area (Å²) < 4.78 is 9.00. The van der Waals surface area contributed by atoms with E-state index in [4.69, 9.17) is 9.84 Å². The molecule has 0 aliphatic carbocycles. The Kier molecular flexibility index (Phi) is 5.65. The zero-order chi connectivity index (χ0) is 25.5. The molecule has 8 heteroatoms. The number of nitrogens with zero attached hydrogens (tertiary/aromatic N) is 5. The van der Waals surface area contributed by atoms with E-state index in [0.29, 0.717) is 15.3 Å². The number of aryl methyl sites for hydroxylation is 2. The van der Waals surface area contributed by atoms with Gasteiger partial charge < -0.3 is 4.74 Å². The molecule has 7 nitrogen and oxygen atoms in total. The molecule has 6 aromatic rings. The standard InChI is InChI=1S/C29H23N5O2S/c1-18-9-10-19(2)24(15-18)26-21(17-33(31-26)22-7-5-4-6-8-22)16-25-28(35)34-29(37-25)30-27(32-34)20-11-13-23(36-3)14-12-20/h4-17H,1-3H3/b25-16-. The minimum atomic E-state index is -0.202. The maximum atomic E-state index is 13.3. The van der Waals surface area contributed by atoms with Crippen LogP contribution >= 0.6 is 11.3 Å². The zero-order valence-corrected chi connectivity index (χ0v) is 21.4. The maximum Gasteiger partial charge on any atom is 0.291 e. The summed E-state index contributed by atoms with van der Waals surface area (Å²) in [7, 11) is 1.62. The van der Waals surface area contributed by atoms with Crippen molar-refractivity contribution < 1.29 is 4.74 Å². The highest BCUT2D eigenvalue weighted by Crippen LogP contribution is 2.28. The lowest BCUT2D eigenvalue weighted by Crippen LogP contribution is -2.23. The van der Waals surface area contributed by atoms with Crippen LogP contribution in [0.15, 0.2) is 83.8 Å². The van der Waals surface area contributed by atoms with Crippen LogP contribution in [-0.4, -0.2) is 31.5 Å². The summed E-state index contributed by atoms with van der Waals surface area (Å²) in [5.74, 6) is 1.26. The Morgan fingerprint density at radius 3 is 2.46 bits per heavy atom. The van der Waals surface area contributed by atoms with Gasteiger partial charge >= 0.3 is 0 Å². The van der Waals surface area contributed by atoms with E-state index in [2.05, 4.69) is 42.1 Å². The molecule has 0 unspecified atom stereocenters. The van der Waals surface area contributed by atoms with E-state index in [9.17, 15) is 4.79 Å². The number of thiazole rings is 1. The fourth-order valence-corrected chi connectivity index (χ4v) is 5.14. The molecule has 0 aliphatic heterocycles. The third-order valence-corrected chi connectivity index (χ3v) is 7.19. The first kappa shape index (κ1) is 22.9. The molecule has 3 heterocycles. The third-order valence-electron chi connectivity index (χ3n) is 6.23. The Balaban J connectivity index is 1.48. The fourth-order valence-electron chi connectivity index (χ4n) is 4.24. The van der Waals surface area contributed by atoms with Gasteiger partial charge in [0, 0.05) is 22.9 Å². The van der Waals surface area contributed by atoms with E-state index in [0.717, 1.165) is 44.9 Å². The van der Waals surface area contributed by atoms with Crippen LogP contribution in [0.4, 0.5) is 0 Å². The van der Waals surface area contributed by atoms with E-state index in [1.807, 2.05) is 71.6 Å². The van der Waals surface area contributed by atoms with E-state index < -0.39 is 0 Å². The van der Waals surface area contributed by atoms with Crippen molar-refractivity contribution in [3.8, 4) is 34.1 Å². The largest absolute Gasteiger partial charge is 0.497 e. The lowest BCUT2D eigenvalue weighted by atomic mass is 10.0. The van der Waals surface area contributed by atoms with E-state index in [1.54, 1.807) is 7.11 Å². The van der Waals surface area contributed by atoms with Crippen molar-refractivity contribution in [1.82, 2.24) is 24.4 Å². The van der Waals surface area contributed by atoms with Crippen LogP contribution in [-0.2, 0) is 0 Å². The number of rotatable bonds is 5. The highest BCUT2D eigenvalue weighted by atomic mass is 32.1. The molecule has 3 aromatic carbocycles. The molecule has 3 aromatic heterocycles. The minimum absolute atomic E-state index is 0.202. The highest BCUT2D eigenvalue weighted by Gasteiger charge is 2.16. The molecular formula is C29H23N5O2S. The second kappa shape index (κ2) is 9.15. The maximum absolute atomic E-state index is 13.3. The summed E-state index contributed by atoms with van der Waals surface area (Å²) in [6.07, 6.45) is 3.85. The van der Waals surface area contributed by atoms with Crippen molar-refractivity contribution in [1.29, 1.82) is 0 Å². The van der Waals surface area contributed by atoms with Crippen LogP contribution in [0.25, 0.3) is 39.4 Å². The van der Waals surface area contributed by atoms with Crippen molar-refractivity contribution in [2.45, 2.75) is 13.8 Å². The van der Waals surface area contributed by atoms with Gasteiger partial charge in [-0.1, -0.05) is 47.2 Å². The summed E-state index contributed by atoms with van der Waals surface area (Å²) in [4.78, 5) is 18.5. The number of para-hydroxylation sites is 1. The molecule has 0 spiro atoms. The molecule has 0 bridgehead atoms. The monoisotopic (exact) mass is 505 g/mol. The zero-order valence-electron chi connectivity index (χ0n) is 20.5. The molecule has 0 radical (unpaired) electrons. The van der Waals surface area contributed by atoms with Gasteiger partial charge in [-0.2, -0.15) is 14.6 Å². The molecule has 0 fully saturated rings. The molecular weight excluding hydrogens is 482 g/mol. The smallest absolute Gasteiger partial charge is 0.291 e. The Labute approximate surface area is 216 Å². The minimum Gasteiger partial charge on any atom is -0.497 e. The Morgan fingerprint density at radius 2 is 1.73 bits per heavy atom. The molecule has 0 atom stereocenters. The Morgan fingerprint density at radius 1 is 0.946 bits per heavy atom. The quantitative estimate of drug-likeness (QED) is 0.335.